The first-order valence-corrected chi connectivity index (χ1v) is 5.16. The maximum atomic E-state index is 13.5. The minimum atomic E-state index is -0.493. The van der Waals surface area contributed by atoms with Crippen LogP contribution in [-0.2, 0) is 0 Å². The number of aromatic nitrogens is 1. The number of hydrogen-bond acceptors (Lipinski definition) is 3. The van der Waals surface area contributed by atoms with E-state index < -0.39 is 5.82 Å². The van der Waals surface area contributed by atoms with Gasteiger partial charge in [-0.1, -0.05) is 17.7 Å². The Morgan fingerprint density at radius 1 is 1.29 bits per heavy atom. The van der Waals surface area contributed by atoms with E-state index in [1.807, 2.05) is 6.07 Å². The number of hydrogen-bond donors (Lipinski definition) is 1. The first-order chi connectivity index (χ1) is 8.22. The molecule has 1 aromatic carbocycles. The molecule has 0 saturated heterocycles. The fourth-order valence-electron chi connectivity index (χ4n) is 1.33. The Balaban J connectivity index is 2.42. The smallest absolute Gasteiger partial charge is 0.148 e. The van der Waals surface area contributed by atoms with Gasteiger partial charge in [-0.15, -0.1) is 0 Å². The van der Waals surface area contributed by atoms with Crippen LogP contribution in [0.15, 0.2) is 36.5 Å². The number of rotatable bonds is 2. The summed E-state index contributed by atoms with van der Waals surface area (Å²) in [6, 6.07) is 9.53. The zero-order valence-electron chi connectivity index (χ0n) is 8.61. The molecule has 0 aliphatic carbocycles. The average molecular weight is 248 g/mol. The van der Waals surface area contributed by atoms with Crippen molar-refractivity contribution in [2.24, 2.45) is 0 Å². The highest BCUT2D eigenvalue weighted by Crippen LogP contribution is 2.28. The van der Waals surface area contributed by atoms with E-state index in [9.17, 15) is 4.39 Å². The maximum Gasteiger partial charge on any atom is 0.148 e. The van der Waals surface area contributed by atoms with Gasteiger partial charge in [0.2, 0.25) is 0 Å². The van der Waals surface area contributed by atoms with E-state index in [1.54, 1.807) is 18.2 Å². The highest BCUT2D eigenvalue weighted by Gasteiger charge is 2.09. The predicted octanol–water partition coefficient (Wildman–Crippen LogP) is 3.49. The van der Waals surface area contributed by atoms with Crippen molar-refractivity contribution in [3.63, 3.8) is 0 Å². The summed E-state index contributed by atoms with van der Waals surface area (Å²) in [5, 5.41) is 11.8. The van der Waals surface area contributed by atoms with Gasteiger partial charge in [-0.3, -0.25) is 0 Å². The Labute approximate surface area is 102 Å². The van der Waals surface area contributed by atoms with E-state index in [1.165, 1.54) is 18.3 Å². The van der Waals surface area contributed by atoms with Crippen molar-refractivity contribution in [1.82, 2.24) is 4.98 Å². The van der Waals surface area contributed by atoms with E-state index in [-0.39, 0.29) is 16.5 Å². The molecule has 2 rings (SSSR count). The van der Waals surface area contributed by atoms with Crippen molar-refractivity contribution >= 4 is 23.1 Å². The molecule has 17 heavy (non-hydrogen) atoms. The van der Waals surface area contributed by atoms with Gasteiger partial charge in [0.15, 0.2) is 0 Å². The fraction of sp³-hybridized carbons (Fsp3) is 0. The quantitative estimate of drug-likeness (QED) is 0.884. The molecule has 0 aliphatic rings. The first kappa shape index (κ1) is 11.4. The molecule has 0 bridgehead atoms. The Hall–Kier alpha value is -2.12. The Kier molecular flexibility index (Phi) is 3.22. The summed E-state index contributed by atoms with van der Waals surface area (Å²) < 4.78 is 13.5. The van der Waals surface area contributed by atoms with Crippen molar-refractivity contribution < 1.29 is 4.39 Å². The molecule has 0 aliphatic heterocycles. The highest BCUT2D eigenvalue weighted by molar-refractivity contribution is 6.33. The van der Waals surface area contributed by atoms with Gasteiger partial charge >= 0.3 is 0 Å². The SMILES string of the molecule is N#Cc1cccnc1Nc1c(F)cccc1Cl. The van der Waals surface area contributed by atoms with Crippen LogP contribution in [0.3, 0.4) is 0 Å². The molecule has 0 saturated carbocycles. The molecule has 0 spiro atoms. The molecule has 5 heteroatoms. The second-order valence-corrected chi connectivity index (χ2v) is 3.64. The Morgan fingerprint density at radius 2 is 2.12 bits per heavy atom. The largest absolute Gasteiger partial charge is 0.336 e. The lowest BCUT2D eigenvalue weighted by Crippen LogP contribution is -1.99. The van der Waals surface area contributed by atoms with Crippen molar-refractivity contribution in [3.8, 4) is 6.07 Å². The standard InChI is InChI=1S/C12H7ClFN3/c13-9-4-1-5-10(14)11(9)17-12-8(7-15)3-2-6-16-12/h1-6H,(H,16,17). The normalized spacial score (nSPS) is 9.71. The van der Waals surface area contributed by atoms with E-state index in [0.717, 1.165) is 0 Å². The Bertz CT molecular complexity index is 572. The lowest BCUT2D eigenvalue weighted by Gasteiger charge is -2.09. The summed E-state index contributed by atoms with van der Waals surface area (Å²) >= 11 is 5.86. The van der Waals surface area contributed by atoms with Gasteiger partial charge in [-0.25, -0.2) is 9.37 Å². The van der Waals surface area contributed by atoms with Crippen LogP contribution in [0.2, 0.25) is 5.02 Å². The molecular weight excluding hydrogens is 241 g/mol. The summed E-state index contributed by atoms with van der Waals surface area (Å²) in [5.74, 6) is -0.214. The number of halogens is 2. The number of pyridine rings is 1. The summed E-state index contributed by atoms with van der Waals surface area (Å²) in [6.07, 6.45) is 1.51. The molecule has 0 fully saturated rings. The number of benzene rings is 1. The summed E-state index contributed by atoms with van der Waals surface area (Å²) in [7, 11) is 0. The summed E-state index contributed by atoms with van der Waals surface area (Å²) in [5.41, 5.74) is 0.441. The molecule has 84 valence electrons. The molecule has 2 aromatic rings. The van der Waals surface area contributed by atoms with Crippen LogP contribution < -0.4 is 5.32 Å². The topological polar surface area (TPSA) is 48.7 Å². The molecule has 0 amide bonds. The molecule has 1 aromatic heterocycles. The molecule has 0 atom stereocenters. The van der Waals surface area contributed by atoms with E-state index in [0.29, 0.717) is 5.56 Å². The molecular formula is C12H7ClFN3. The fourth-order valence-corrected chi connectivity index (χ4v) is 1.54. The minimum absolute atomic E-state index is 0.115. The minimum Gasteiger partial charge on any atom is -0.336 e. The maximum absolute atomic E-state index is 13.5. The molecule has 1 N–H and O–H groups in total. The molecule has 0 radical (unpaired) electrons. The van der Waals surface area contributed by atoms with Crippen LogP contribution in [0.1, 0.15) is 5.56 Å². The lowest BCUT2D eigenvalue weighted by molar-refractivity contribution is 0.632. The zero-order valence-corrected chi connectivity index (χ0v) is 9.37. The monoisotopic (exact) mass is 247 g/mol. The highest BCUT2D eigenvalue weighted by atomic mass is 35.5. The second-order valence-electron chi connectivity index (χ2n) is 3.23. The average Bonchev–Trinajstić information content (AvgIpc) is 2.34. The Morgan fingerprint density at radius 3 is 2.82 bits per heavy atom. The van der Waals surface area contributed by atoms with E-state index >= 15 is 0 Å². The third kappa shape index (κ3) is 2.35. The third-order valence-electron chi connectivity index (χ3n) is 2.13. The van der Waals surface area contributed by atoms with Crippen molar-refractivity contribution in [3.05, 3.63) is 52.9 Å². The van der Waals surface area contributed by atoms with Gasteiger partial charge in [0.25, 0.3) is 0 Å². The van der Waals surface area contributed by atoms with Crippen LogP contribution in [0.25, 0.3) is 0 Å². The summed E-state index contributed by atoms with van der Waals surface area (Å²) in [4.78, 5) is 3.97. The van der Waals surface area contributed by atoms with Gasteiger partial charge in [0, 0.05) is 6.20 Å². The van der Waals surface area contributed by atoms with Crippen molar-refractivity contribution in [2.75, 3.05) is 5.32 Å². The van der Waals surface area contributed by atoms with Gasteiger partial charge in [-0.05, 0) is 24.3 Å². The molecule has 3 nitrogen and oxygen atoms in total. The van der Waals surface area contributed by atoms with Crippen LogP contribution in [-0.4, -0.2) is 4.98 Å². The zero-order chi connectivity index (χ0) is 12.3. The van der Waals surface area contributed by atoms with Crippen molar-refractivity contribution in [1.29, 1.82) is 5.26 Å². The van der Waals surface area contributed by atoms with Gasteiger partial charge < -0.3 is 5.32 Å². The van der Waals surface area contributed by atoms with Crippen LogP contribution >= 0.6 is 11.6 Å². The van der Waals surface area contributed by atoms with Gasteiger partial charge in [0.05, 0.1) is 16.3 Å². The summed E-state index contributed by atoms with van der Waals surface area (Å²) in [6.45, 7) is 0. The second kappa shape index (κ2) is 4.81. The number of nitrogens with zero attached hydrogens (tertiary/aromatic N) is 2. The molecule has 0 unspecified atom stereocenters. The van der Waals surface area contributed by atoms with Crippen molar-refractivity contribution in [2.45, 2.75) is 0 Å². The van der Waals surface area contributed by atoms with Gasteiger partial charge in [-0.2, -0.15) is 5.26 Å². The number of nitrogens with one attached hydrogen (secondary N) is 1. The van der Waals surface area contributed by atoms with E-state index in [2.05, 4.69) is 10.3 Å². The predicted molar refractivity (Wildman–Crippen MR) is 63.6 cm³/mol. The first-order valence-electron chi connectivity index (χ1n) is 4.78. The number of nitriles is 1. The number of para-hydroxylation sites is 1. The van der Waals surface area contributed by atoms with E-state index in [4.69, 9.17) is 16.9 Å². The lowest BCUT2D eigenvalue weighted by atomic mass is 10.2. The van der Waals surface area contributed by atoms with Crippen LogP contribution in [0, 0.1) is 17.1 Å². The molecule has 1 heterocycles. The van der Waals surface area contributed by atoms with Crippen LogP contribution in [0.5, 0.6) is 0 Å². The third-order valence-corrected chi connectivity index (χ3v) is 2.45. The van der Waals surface area contributed by atoms with Crippen LogP contribution in [0.4, 0.5) is 15.9 Å². The number of anilines is 2. The van der Waals surface area contributed by atoms with Gasteiger partial charge in [0.1, 0.15) is 17.7 Å².